The van der Waals surface area contributed by atoms with Crippen LogP contribution in [0.25, 0.3) is 10.9 Å². The molecule has 16 heavy (non-hydrogen) atoms. The molecule has 0 aliphatic carbocycles. The Balaban J connectivity index is 2.70. The highest BCUT2D eigenvalue weighted by Gasteiger charge is 2.07. The van der Waals surface area contributed by atoms with Gasteiger partial charge in [-0.2, -0.15) is 5.26 Å². The summed E-state index contributed by atoms with van der Waals surface area (Å²) in [4.78, 5) is 4.31. The number of benzene rings is 1. The molecular weight excluding hydrogens is 196 g/mol. The molecule has 0 saturated heterocycles. The zero-order valence-electron chi connectivity index (χ0n) is 9.57. The molecule has 0 amide bonds. The minimum absolute atomic E-state index is 0.581. The number of nitrogens with zero attached hydrogens (tertiary/aromatic N) is 2. The van der Waals surface area contributed by atoms with Crippen LogP contribution in [0.3, 0.4) is 0 Å². The molecule has 2 rings (SSSR count). The lowest BCUT2D eigenvalue weighted by Crippen LogP contribution is -1.97. The molecule has 0 bridgehead atoms. The van der Waals surface area contributed by atoms with Crippen molar-refractivity contribution in [3.8, 4) is 6.07 Å². The van der Waals surface area contributed by atoms with E-state index in [1.165, 1.54) is 5.56 Å². The Labute approximate surface area is 95.6 Å². The Hall–Kier alpha value is -1.88. The van der Waals surface area contributed by atoms with E-state index >= 15 is 0 Å². The highest BCUT2D eigenvalue weighted by Crippen LogP contribution is 2.22. The van der Waals surface area contributed by atoms with Crippen LogP contribution >= 0.6 is 0 Å². The SMILES string of the molecule is CC(C)Cc1ccnc2cccc(C#N)c12. The van der Waals surface area contributed by atoms with Gasteiger partial charge in [0.25, 0.3) is 0 Å². The van der Waals surface area contributed by atoms with Crippen molar-refractivity contribution in [3.63, 3.8) is 0 Å². The van der Waals surface area contributed by atoms with Crippen LogP contribution in [0.2, 0.25) is 0 Å². The first-order valence-corrected chi connectivity index (χ1v) is 5.49. The van der Waals surface area contributed by atoms with E-state index in [1.54, 1.807) is 0 Å². The minimum atomic E-state index is 0.581. The summed E-state index contributed by atoms with van der Waals surface area (Å²) >= 11 is 0. The van der Waals surface area contributed by atoms with E-state index in [0.29, 0.717) is 5.92 Å². The molecule has 0 aliphatic rings. The molecule has 0 N–H and O–H groups in total. The first-order valence-electron chi connectivity index (χ1n) is 5.49. The smallest absolute Gasteiger partial charge is 0.0998 e. The number of hydrogen-bond donors (Lipinski definition) is 0. The summed E-state index contributed by atoms with van der Waals surface area (Å²) in [6, 6.07) is 9.96. The summed E-state index contributed by atoms with van der Waals surface area (Å²) in [6.07, 6.45) is 2.80. The average molecular weight is 210 g/mol. The fourth-order valence-corrected chi connectivity index (χ4v) is 1.98. The number of rotatable bonds is 2. The summed E-state index contributed by atoms with van der Waals surface area (Å²) in [7, 11) is 0. The Morgan fingerprint density at radius 1 is 1.31 bits per heavy atom. The number of hydrogen-bond acceptors (Lipinski definition) is 2. The molecule has 80 valence electrons. The van der Waals surface area contributed by atoms with Crippen LogP contribution in [0.5, 0.6) is 0 Å². The topological polar surface area (TPSA) is 36.7 Å². The summed E-state index contributed by atoms with van der Waals surface area (Å²) in [5.74, 6) is 0.581. The highest BCUT2D eigenvalue weighted by molar-refractivity contribution is 5.87. The molecule has 1 aromatic heterocycles. The number of pyridine rings is 1. The van der Waals surface area contributed by atoms with Gasteiger partial charge >= 0.3 is 0 Å². The van der Waals surface area contributed by atoms with Gasteiger partial charge in [0.15, 0.2) is 0 Å². The van der Waals surface area contributed by atoms with Crippen molar-refractivity contribution < 1.29 is 0 Å². The fraction of sp³-hybridized carbons (Fsp3) is 0.286. The van der Waals surface area contributed by atoms with Crippen molar-refractivity contribution in [3.05, 3.63) is 41.6 Å². The van der Waals surface area contributed by atoms with Gasteiger partial charge in [0.1, 0.15) is 0 Å². The molecule has 0 atom stereocenters. The van der Waals surface area contributed by atoms with Crippen molar-refractivity contribution in [2.75, 3.05) is 0 Å². The van der Waals surface area contributed by atoms with Crippen LogP contribution in [-0.4, -0.2) is 4.98 Å². The molecule has 2 nitrogen and oxygen atoms in total. The van der Waals surface area contributed by atoms with E-state index in [9.17, 15) is 0 Å². The second kappa shape index (κ2) is 4.32. The van der Waals surface area contributed by atoms with Gasteiger partial charge < -0.3 is 0 Å². The van der Waals surface area contributed by atoms with Crippen LogP contribution in [0.1, 0.15) is 25.0 Å². The number of nitriles is 1. The van der Waals surface area contributed by atoms with Gasteiger partial charge in [-0.05, 0) is 36.1 Å². The molecule has 0 unspecified atom stereocenters. The first kappa shape index (κ1) is 10.6. The van der Waals surface area contributed by atoms with Gasteiger partial charge in [-0.15, -0.1) is 0 Å². The molecule has 2 aromatic rings. The fourth-order valence-electron chi connectivity index (χ4n) is 1.98. The predicted molar refractivity (Wildman–Crippen MR) is 65.0 cm³/mol. The van der Waals surface area contributed by atoms with E-state index in [4.69, 9.17) is 5.26 Å². The van der Waals surface area contributed by atoms with Crippen molar-refractivity contribution in [1.82, 2.24) is 4.98 Å². The lowest BCUT2D eigenvalue weighted by Gasteiger charge is -2.09. The third-order valence-corrected chi connectivity index (χ3v) is 2.60. The van der Waals surface area contributed by atoms with E-state index in [0.717, 1.165) is 22.9 Å². The van der Waals surface area contributed by atoms with Gasteiger partial charge in [-0.1, -0.05) is 19.9 Å². The second-order valence-corrected chi connectivity index (χ2v) is 4.38. The first-order chi connectivity index (χ1) is 7.72. The Bertz CT molecular complexity index is 545. The van der Waals surface area contributed by atoms with Gasteiger partial charge in [0.2, 0.25) is 0 Å². The summed E-state index contributed by atoms with van der Waals surface area (Å²) in [5.41, 5.74) is 2.86. The molecule has 0 radical (unpaired) electrons. The molecule has 2 heteroatoms. The van der Waals surface area contributed by atoms with Crippen molar-refractivity contribution in [2.45, 2.75) is 20.3 Å². The molecule has 0 fully saturated rings. The standard InChI is InChI=1S/C14H14N2/c1-10(2)8-11-6-7-16-13-5-3-4-12(9-15)14(11)13/h3-7,10H,8H2,1-2H3. The third-order valence-electron chi connectivity index (χ3n) is 2.60. The van der Waals surface area contributed by atoms with Crippen LogP contribution in [-0.2, 0) is 6.42 Å². The van der Waals surface area contributed by atoms with Crippen molar-refractivity contribution in [2.24, 2.45) is 5.92 Å². The molecular formula is C14H14N2. The van der Waals surface area contributed by atoms with E-state index in [2.05, 4.69) is 24.9 Å². The molecule has 0 spiro atoms. The van der Waals surface area contributed by atoms with Gasteiger partial charge in [0, 0.05) is 11.6 Å². The molecule has 1 heterocycles. The summed E-state index contributed by atoms with van der Waals surface area (Å²) < 4.78 is 0. The van der Waals surface area contributed by atoms with E-state index in [1.807, 2.05) is 30.5 Å². The predicted octanol–water partition coefficient (Wildman–Crippen LogP) is 3.30. The Morgan fingerprint density at radius 3 is 2.81 bits per heavy atom. The maximum atomic E-state index is 9.12. The third kappa shape index (κ3) is 1.90. The second-order valence-electron chi connectivity index (χ2n) is 4.38. The minimum Gasteiger partial charge on any atom is -0.256 e. The van der Waals surface area contributed by atoms with Crippen LogP contribution in [0.4, 0.5) is 0 Å². The maximum absolute atomic E-state index is 9.12. The van der Waals surface area contributed by atoms with E-state index < -0.39 is 0 Å². The average Bonchev–Trinajstić information content (AvgIpc) is 2.28. The van der Waals surface area contributed by atoms with Gasteiger partial charge in [-0.3, -0.25) is 4.98 Å². The summed E-state index contributed by atoms with van der Waals surface area (Å²) in [6.45, 7) is 4.36. The monoisotopic (exact) mass is 210 g/mol. The Kier molecular flexibility index (Phi) is 2.87. The van der Waals surface area contributed by atoms with Crippen molar-refractivity contribution in [1.29, 1.82) is 5.26 Å². The van der Waals surface area contributed by atoms with Crippen LogP contribution < -0.4 is 0 Å². The molecule has 0 aliphatic heterocycles. The normalized spacial score (nSPS) is 10.6. The highest BCUT2D eigenvalue weighted by atomic mass is 14.6. The molecule has 1 aromatic carbocycles. The van der Waals surface area contributed by atoms with Crippen LogP contribution in [0.15, 0.2) is 30.5 Å². The zero-order chi connectivity index (χ0) is 11.5. The lowest BCUT2D eigenvalue weighted by atomic mass is 9.97. The quantitative estimate of drug-likeness (QED) is 0.762. The zero-order valence-corrected chi connectivity index (χ0v) is 9.57. The largest absolute Gasteiger partial charge is 0.256 e. The summed E-state index contributed by atoms with van der Waals surface area (Å²) in [5, 5.41) is 10.1. The Morgan fingerprint density at radius 2 is 2.12 bits per heavy atom. The molecule has 0 saturated carbocycles. The van der Waals surface area contributed by atoms with Crippen LogP contribution in [0, 0.1) is 17.2 Å². The number of aromatic nitrogens is 1. The van der Waals surface area contributed by atoms with Gasteiger partial charge in [0.05, 0.1) is 17.1 Å². The lowest BCUT2D eigenvalue weighted by molar-refractivity contribution is 0.650. The van der Waals surface area contributed by atoms with Gasteiger partial charge in [-0.25, -0.2) is 0 Å². The van der Waals surface area contributed by atoms with E-state index in [-0.39, 0.29) is 0 Å². The van der Waals surface area contributed by atoms with Crippen molar-refractivity contribution >= 4 is 10.9 Å². The number of fused-ring (bicyclic) bond motifs is 1. The maximum Gasteiger partial charge on any atom is 0.0998 e.